The molecule has 2 unspecified atom stereocenters. The van der Waals surface area contributed by atoms with Crippen LogP contribution in [0.15, 0.2) is 292 Å². The predicted octanol–water partition coefficient (Wildman–Crippen LogP) is 30.7. The van der Waals surface area contributed by atoms with Crippen LogP contribution < -0.4 is 32.3 Å². The summed E-state index contributed by atoms with van der Waals surface area (Å²) in [5, 5.41) is 24.9. The second-order valence-corrected chi connectivity index (χ2v) is 41.1. The minimum atomic E-state index is -1.03. The molecule has 2 aliphatic heterocycles. The molecule has 8 N–H and O–H groups in total. The maximum Gasteiger partial charge on any atom is 0.354 e. The number of hydrogen-bond donors (Lipinski definition) is 7. The van der Waals surface area contributed by atoms with Crippen LogP contribution in [0.3, 0.4) is 0 Å². The number of aromatic carboxylic acids is 1. The highest BCUT2D eigenvalue weighted by atomic mass is 35.5. The Labute approximate surface area is 878 Å². The lowest BCUT2D eigenvalue weighted by Gasteiger charge is -2.41. The molecular weight excluding hydrogens is 1900 g/mol. The third-order valence-corrected chi connectivity index (χ3v) is 23.8. The van der Waals surface area contributed by atoms with E-state index in [1.165, 1.54) is 53.3 Å². The first-order valence-electron chi connectivity index (χ1n) is 48.7. The average Bonchev–Trinajstić information content (AvgIpc) is 0.773. The first-order chi connectivity index (χ1) is 68.2. The summed E-state index contributed by atoms with van der Waals surface area (Å²) >= 11 is 28.2. The van der Waals surface area contributed by atoms with E-state index in [0.717, 1.165) is 82.1 Å². The Hall–Kier alpha value is -12.8. The lowest BCUT2D eigenvalue weighted by Crippen LogP contribution is -2.46. The molecule has 144 heavy (non-hydrogen) atoms. The van der Waals surface area contributed by atoms with E-state index in [4.69, 9.17) is 68.8 Å². The van der Waals surface area contributed by atoms with Crippen LogP contribution in [-0.4, -0.2) is 88.8 Å². The number of nitrogen functional groups attached to an aromatic ring is 1. The molecule has 0 spiro atoms. The maximum atomic E-state index is 13.7. The number of carbonyl (C=O) groups excluding carboxylic acids is 6. The summed E-state index contributed by atoms with van der Waals surface area (Å²) in [6.07, 6.45) is 12.2. The van der Waals surface area contributed by atoms with E-state index in [9.17, 15) is 33.6 Å². The van der Waals surface area contributed by atoms with Gasteiger partial charge in [-0.25, -0.2) is 24.7 Å². The van der Waals surface area contributed by atoms with Crippen LogP contribution in [0.25, 0.3) is 11.3 Å². The summed E-state index contributed by atoms with van der Waals surface area (Å²) in [5.74, 6) is -2.03. The van der Waals surface area contributed by atoms with Crippen molar-refractivity contribution in [2.75, 3.05) is 40.1 Å². The first kappa shape index (κ1) is 120. The van der Waals surface area contributed by atoms with Crippen LogP contribution in [-0.2, 0) is 36.7 Å². The van der Waals surface area contributed by atoms with Crippen molar-refractivity contribution in [3.8, 4) is 11.3 Å². The topological polar surface area (TPSA) is 294 Å². The fourth-order valence-electron chi connectivity index (χ4n) is 15.0. The van der Waals surface area contributed by atoms with Crippen LogP contribution in [0.5, 0.6) is 0 Å². The molecule has 13 aromatic rings. The summed E-state index contributed by atoms with van der Waals surface area (Å²) in [6, 6.07) is 82.9. The van der Waals surface area contributed by atoms with Crippen LogP contribution in [0.1, 0.15) is 292 Å². The number of rotatable bonds is 14. The molecule has 4 atom stereocenters. The fraction of sp³-hybridized carbons (Fsp3) is 0.328. The monoisotopic (exact) mass is 2040 g/mol. The fourth-order valence-corrected chi connectivity index (χ4v) is 16.1. The minimum absolute atomic E-state index is 0.0230. The number of likely N-dealkylation sites (tertiary alicyclic amines) is 1. The number of aryl methyl sites for hydroxylation is 2. The standard InChI is InChI=1S/C29H32ClN3O2.C22H28N2O.C22H22N2O.C16H17ClN2O.C10H15N.C7H6ClNO2.C6H3Cl2NO.C3H8.2C2H6/c1-19-16-22(30)18-31-25(19)28(35)33-15-9-14-24(26(33)20-10-6-5-7-11-20)27(34)32-23-13-8-12-21(17-23)29(2,3)4;2*1-22(2,3)17-11-7-12-18(15-17)24-21(25)19-13-8-14-23-20(19)16-9-5-4-6-10-16;1-16(2,3)11-6-4-7-12(10-11)19-15(20)13-8-5-9-18-14(13)17;1-10(2,3)8-5-4-6-9(11)7-8;1-4-2-5(8)3-9-6(4)7(10)11;7-5-4(6(8)10)2-1-3-9-5;1-3-2;2*1-2/h5-8,10-13,16-18,24,26H,9,14-15H2,1-4H3,(H,32,34);4-7,9-12,15,19-20,23H,8,13-14H2,1-3H3,(H,24,25);4-15H,1-3H3,(H,24,25);4-10H,1-3H3,(H,19,20);4-7H,11H2,1-3H3;2-3H,1H3,(H,10,11);1-3H;3H2,1-2H3;2*1-2H3/t24?,26-;19?,20-;;;;;;;;/m00......../s1. The van der Waals surface area contributed by atoms with Crippen LogP contribution in [0, 0.1) is 25.7 Å². The van der Waals surface area contributed by atoms with Gasteiger partial charge in [0.15, 0.2) is 5.69 Å². The third kappa shape index (κ3) is 38.4. The van der Waals surface area contributed by atoms with Crippen LogP contribution >= 0.6 is 58.0 Å². The second-order valence-electron chi connectivity index (χ2n) is 39.2. The number of benzene rings is 8. The number of anilines is 5. The van der Waals surface area contributed by atoms with Gasteiger partial charge in [-0.05, 0) is 244 Å². The van der Waals surface area contributed by atoms with Crippen molar-refractivity contribution in [2.24, 2.45) is 11.8 Å². The van der Waals surface area contributed by atoms with Gasteiger partial charge in [-0.3, -0.25) is 33.8 Å². The van der Waals surface area contributed by atoms with Crippen molar-refractivity contribution >= 4 is 127 Å². The Morgan fingerprint density at radius 2 is 0.771 bits per heavy atom. The quantitative estimate of drug-likeness (QED) is 0.0303. The number of piperidine rings is 2. The molecule has 8 aromatic carbocycles. The third-order valence-electron chi connectivity index (χ3n) is 22.6. The van der Waals surface area contributed by atoms with E-state index in [-0.39, 0.29) is 102 Å². The van der Waals surface area contributed by atoms with Gasteiger partial charge >= 0.3 is 5.97 Å². The number of amides is 5. The van der Waals surface area contributed by atoms with Gasteiger partial charge in [-0.15, -0.1) is 0 Å². The van der Waals surface area contributed by atoms with E-state index < -0.39 is 11.2 Å². The van der Waals surface area contributed by atoms with Gasteiger partial charge in [-0.2, -0.15) is 0 Å². The molecule has 15 rings (SSSR count). The number of nitrogens with two attached hydrogens (primary N) is 1. The summed E-state index contributed by atoms with van der Waals surface area (Å²) in [5.41, 5.74) is 22.7. The van der Waals surface area contributed by atoms with Gasteiger partial charge < -0.3 is 42.3 Å². The van der Waals surface area contributed by atoms with Crippen LogP contribution in [0.4, 0.5) is 28.4 Å². The molecule has 0 radical (unpaired) electrons. The number of carboxylic acids is 1. The number of carbonyl (C=O) groups is 7. The Kier molecular flexibility index (Phi) is 48.5. The molecule has 0 aliphatic carbocycles. The molecule has 5 amide bonds. The zero-order valence-corrected chi connectivity index (χ0v) is 91.2. The molecule has 20 nitrogen and oxygen atoms in total. The highest BCUT2D eigenvalue weighted by molar-refractivity contribution is 6.68. The number of hydrogen-bond acceptors (Lipinski definition) is 14. The van der Waals surface area contributed by atoms with E-state index in [0.29, 0.717) is 51.1 Å². The summed E-state index contributed by atoms with van der Waals surface area (Å²) in [4.78, 5) is 108. The number of carboxylic acid groups (broad SMARTS) is 1. The largest absolute Gasteiger partial charge is 0.477 e. The molecule has 7 heterocycles. The Morgan fingerprint density at radius 3 is 1.16 bits per heavy atom. The van der Waals surface area contributed by atoms with Crippen molar-refractivity contribution in [3.63, 3.8) is 0 Å². The number of nitrogens with one attached hydrogen (secondary N) is 5. The molecule has 0 saturated carbocycles. The van der Waals surface area contributed by atoms with Gasteiger partial charge in [0.2, 0.25) is 11.8 Å². The number of aromatic nitrogens is 5. The highest BCUT2D eigenvalue weighted by Crippen LogP contribution is 2.40. The lowest BCUT2D eigenvalue weighted by molar-refractivity contribution is -0.123. The molecule has 2 saturated heterocycles. The Balaban J connectivity index is 0.000000264. The zero-order valence-electron chi connectivity index (χ0n) is 87.4. The molecule has 5 aromatic heterocycles. The summed E-state index contributed by atoms with van der Waals surface area (Å²) in [7, 11) is 0. The number of pyridine rings is 5. The molecule has 2 aliphatic rings. The van der Waals surface area contributed by atoms with Gasteiger partial charge in [0, 0.05) is 77.6 Å². The van der Waals surface area contributed by atoms with Gasteiger partial charge in [-0.1, -0.05) is 350 Å². The average molecular weight is 2050 g/mol. The van der Waals surface area contributed by atoms with Crippen molar-refractivity contribution in [1.82, 2.24) is 35.1 Å². The summed E-state index contributed by atoms with van der Waals surface area (Å²) in [6.45, 7) is 49.7. The van der Waals surface area contributed by atoms with E-state index in [2.05, 4.69) is 212 Å². The lowest BCUT2D eigenvalue weighted by atomic mass is 9.83. The number of halogens is 5. The number of nitrogens with zero attached hydrogens (tertiary/aromatic N) is 6. The zero-order chi connectivity index (χ0) is 107. The summed E-state index contributed by atoms with van der Waals surface area (Å²) < 4.78 is 0. The SMILES string of the molecule is CC.CC.CC(C)(C)c1cccc(N)c1.CC(C)(C)c1cccc(NC(=O)C2CCCN[C@H]2c2ccccc2)c1.CC(C)(C)c1cccc(NC(=O)c2cccnc2-c2ccccc2)c1.CC(C)(C)c1cccc(NC(=O)c2cccnc2Cl)c1.CCC.Cc1cc(Cl)cnc1C(=O)N1CCCC(C(=O)Nc2cccc(C(C)(C)C)c2)[C@@H]1c1ccccc1.Cc1cc(Cl)cnc1C(=O)O.O=C(Cl)c1cccnc1Cl. The van der Waals surface area contributed by atoms with Gasteiger partial charge in [0.1, 0.15) is 16.0 Å². The Morgan fingerprint density at radius 1 is 0.410 bits per heavy atom. The van der Waals surface area contributed by atoms with Crippen molar-refractivity contribution in [1.29, 1.82) is 0 Å². The molecule has 0 bridgehead atoms. The molecule has 25 heteroatoms. The Bertz CT molecular complexity index is 6300. The molecular formula is C119H143Cl5N12O8. The normalized spacial score (nSPS) is 14.0. The predicted molar refractivity (Wildman–Crippen MR) is 598 cm³/mol. The van der Waals surface area contributed by atoms with Crippen molar-refractivity contribution in [2.45, 2.75) is 231 Å². The smallest absolute Gasteiger partial charge is 0.354 e. The van der Waals surface area contributed by atoms with E-state index in [1.807, 2.05) is 204 Å². The van der Waals surface area contributed by atoms with E-state index >= 15 is 0 Å². The van der Waals surface area contributed by atoms with Crippen molar-refractivity contribution < 1.29 is 38.7 Å². The second kappa shape index (κ2) is 58.2. The van der Waals surface area contributed by atoms with Gasteiger partial charge in [0.05, 0.1) is 50.3 Å². The van der Waals surface area contributed by atoms with Crippen LogP contribution in [0.2, 0.25) is 20.4 Å². The maximum absolute atomic E-state index is 13.7. The molecule has 762 valence electrons. The first-order valence-corrected chi connectivity index (χ1v) is 50.6. The van der Waals surface area contributed by atoms with Gasteiger partial charge in [0.25, 0.3) is 23.0 Å². The highest BCUT2D eigenvalue weighted by Gasteiger charge is 2.41. The van der Waals surface area contributed by atoms with Crippen molar-refractivity contribution in [3.05, 3.63) is 390 Å². The minimum Gasteiger partial charge on any atom is -0.477 e. The van der Waals surface area contributed by atoms with E-state index in [1.54, 1.807) is 66.7 Å². The molecule has 2 fully saturated rings.